The number of esters is 1. The monoisotopic (exact) mass is 552 g/mol. The highest BCUT2D eigenvalue weighted by molar-refractivity contribution is 8.01. The Morgan fingerprint density at radius 1 is 1.18 bits per heavy atom. The second-order valence-electron chi connectivity index (χ2n) is 9.20. The summed E-state index contributed by atoms with van der Waals surface area (Å²) in [6.45, 7) is 1.61. The maximum Gasteiger partial charge on any atom is 0.382 e. The predicted octanol–water partition coefficient (Wildman–Crippen LogP) is 1.40. The van der Waals surface area contributed by atoms with Gasteiger partial charge in [0.25, 0.3) is 5.91 Å². The Balaban J connectivity index is 1.34. The quantitative estimate of drug-likeness (QED) is 0.128. The van der Waals surface area contributed by atoms with Crippen molar-refractivity contribution >= 4 is 29.5 Å². The number of nitro groups is 1. The molecule has 2 aromatic carbocycles. The summed E-state index contributed by atoms with van der Waals surface area (Å²) in [6.07, 6.45) is 1.33. The second-order valence-corrected chi connectivity index (χ2v) is 10.9. The van der Waals surface area contributed by atoms with Crippen LogP contribution >= 0.6 is 11.8 Å². The van der Waals surface area contributed by atoms with Crippen LogP contribution in [0.15, 0.2) is 73.1 Å². The van der Waals surface area contributed by atoms with Crippen LogP contribution in [0.25, 0.3) is 0 Å². The molecule has 3 heterocycles. The van der Waals surface area contributed by atoms with Gasteiger partial charge in [-0.05, 0) is 31.2 Å². The Labute approximate surface area is 226 Å². The maximum atomic E-state index is 13.5. The number of carbonyl (C=O) groups excluding carboxylic acids is 3. The molecule has 13 nitrogen and oxygen atoms in total. The first-order valence-corrected chi connectivity index (χ1v) is 12.8. The first-order valence-electron chi connectivity index (χ1n) is 12.0. The van der Waals surface area contributed by atoms with Gasteiger partial charge in [0, 0.05) is 6.20 Å². The Morgan fingerprint density at radius 3 is 2.51 bits per heavy atom. The Morgan fingerprint density at radius 2 is 1.87 bits per heavy atom. The number of amides is 2. The van der Waals surface area contributed by atoms with E-state index in [1.54, 1.807) is 55.6 Å². The summed E-state index contributed by atoms with van der Waals surface area (Å²) < 4.78 is 11.4. The van der Waals surface area contributed by atoms with Gasteiger partial charge in [-0.2, -0.15) is 0 Å². The van der Waals surface area contributed by atoms with Crippen LogP contribution in [-0.4, -0.2) is 71.4 Å². The molecule has 2 aliphatic heterocycles. The first-order chi connectivity index (χ1) is 18.8. The lowest BCUT2D eigenvalue weighted by Gasteiger charge is -2.44. The second kappa shape index (κ2) is 10.7. The Hall–Kier alpha value is -4.46. The number of rotatable bonds is 10. The summed E-state index contributed by atoms with van der Waals surface area (Å²) in [4.78, 5) is 51.7. The zero-order valence-corrected chi connectivity index (χ0v) is 21.5. The molecule has 2 saturated heterocycles. The van der Waals surface area contributed by atoms with E-state index >= 15 is 0 Å². The van der Waals surface area contributed by atoms with E-state index in [1.807, 2.05) is 6.07 Å². The van der Waals surface area contributed by atoms with E-state index in [2.05, 4.69) is 15.6 Å². The van der Waals surface area contributed by atoms with Gasteiger partial charge in [0.15, 0.2) is 6.61 Å². The summed E-state index contributed by atoms with van der Waals surface area (Å²) in [5.74, 6) is -1.42. The fourth-order valence-electron chi connectivity index (χ4n) is 4.68. The first kappa shape index (κ1) is 26.2. The number of thioether (sulfide) groups is 1. The van der Waals surface area contributed by atoms with Crippen LogP contribution in [0.5, 0.6) is 5.75 Å². The zero-order chi connectivity index (χ0) is 27.6. The molecular formula is C25H24N6O7S. The van der Waals surface area contributed by atoms with E-state index in [9.17, 15) is 24.5 Å². The molecule has 0 saturated carbocycles. The zero-order valence-electron chi connectivity index (χ0n) is 20.7. The highest BCUT2D eigenvalue weighted by atomic mass is 32.2. The van der Waals surface area contributed by atoms with Crippen LogP contribution in [0, 0.1) is 10.1 Å². The summed E-state index contributed by atoms with van der Waals surface area (Å²) in [5, 5.41) is 21.6. The molecule has 1 N–H and O–H groups in total. The van der Waals surface area contributed by atoms with E-state index in [1.165, 1.54) is 39.7 Å². The largest absolute Gasteiger partial charge is 0.484 e. The fourth-order valence-corrected chi connectivity index (χ4v) is 6.44. The lowest BCUT2D eigenvalue weighted by molar-refractivity contribution is -0.576. The van der Waals surface area contributed by atoms with Crippen molar-refractivity contribution in [1.82, 2.24) is 25.2 Å². The molecule has 39 heavy (non-hydrogen) atoms. The minimum atomic E-state index is -1.75. The molecule has 1 unspecified atom stereocenters. The minimum absolute atomic E-state index is 0.157. The highest BCUT2D eigenvalue weighted by Crippen LogP contribution is 2.52. The number of nitrogens with zero attached hydrogens (tertiary/aromatic N) is 5. The van der Waals surface area contributed by atoms with Gasteiger partial charge < -0.3 is 19.7 Å². The number of hydrogen-bond acceptors (Lipinski definition) is 10. The van der Waals surface area contributed by atoms with Gasteiger partial charge in [-0.25, -0.2) is 4.79 Å². The third-order valence-electron chi connectivity index (χ3n) is 6.43. The number of benzene rings is 2. The molecule has 2 amide bonds. The van der Waals surface area contributed by atoms with E-state index in [-0.39, 0.29) is 18.7 Å². The van der Waals surface area contributed by atoms with Crippen LogP contribution < -0.4 is 10.1 Å². The van der Waals surface area contributed by atoms with Gasteiger partial charge in [0.1, 0.15) is 23.2 Å². The van der Waals surface area contributed by atoms with E-state index in [4.69, 9.17) is 9.47 Å². The van der Waals surface area contributed by atoms with Gasteiger partial charge in [0.05, 0.1) is 28.0 Å². The van der Waals surface area contributed by atoms with Gasteiger partial charge in [-0.3, -0.25) is 24.4 Å². The molecule has 1 aromatic heterocycles. The molecule has 0 spiro atoms. The molecule has 0 radical (unpaired) electrons. The minimum Gasteiger partial charge on any atom is -0.484 e. The van der Waals surface area contributed by atoms with Crippen LogP contribution in [0.3, 0.4) is 0 Å². The molecule has 0 aliphatic carbocycles. The van der Waals surface area contributed by atoms with Crippen molar-refractivity contribution in [1.29, 1.82) is 0 Å². The van der Waals surface area contributed by atoms with Gasteiger partial charge in [0.2, 0.25) is 5.91 Å². The fraction of sp³-hybridized carbons (Fsp3) is 0.320. The van der Waals surface area contributed by atoms with Gasteiger partial charge >= 0.3 is 12.2 Å². The topological polar surface area (TPSA) is 159 Å². The maximum absolute atomic E-state index is 13.5. The predicted molar refractivity (Wildman–Crippen MR) is 137 cm³/mol. The normalized spacial score (nSPS) is 24.3. The van der Waals surface area contributed by atoms with Crippen molar-refractivity contribution in [2.75, 3.05) is 6.61 Å². The third kappa shape index (κ3) is 5.27. The van der Waals surface area contributed by atoms with Crippen LogP contribution in [0.4, 0.5) is 0 Å². The molecule has 202 valence electrons. The number of fused-ring (bicyclic) bond motifs is 1. The molecule has 0 bridgehead atoms. The molecule has 3 aromatic rings. The van der Waals surface area contributed by atoms with E-state index in [0.29, 0.717) is 5.75 Å². The Kier molecular flexibility index (Phi) is 7.19. The SMILES string of the molecule is C[C@@]1(Cn2ccnn2)S[C@H]2[C@H](NC(=O)COc3ccccc3)C(=O)N2[C@H]1C(=O)OC(c1ccccc1)[N+](=O)[O-]. The molecule has 14 heteroatoms. The number of hydrogen-bond donors (Lipinski definition) is 1. The molecule has 2 aliphatic rings. The summed E-state index contributed by atoms with van der Waals surface area (Å²) >= 11 is 1.29. The molecule has 5 rings (SSSR count). The number of para-hydroxylation sites is 1. The standard InChI is InChI=1S/C25H24N6O7S/c1-25(15-29-13-12-26-28-29)20(24(34)38-22(31(35)36)16-8-4-2-5-9-16)30-21(33)19(23(30)39-25)27-18(32)14-37-17-10-6-3-7-11-17/h2-13,19-20,22-23H,14-15H2,1H3,(H,27,32)/t19-,20+,22?,23+,25+/m1/s1. The smallest absolute Gasteiger partial charge is 0.382 e. The van der Waals surface area contributed by atoms with Crippen molar-refractivity contribution in [2.24, 2.45) is 0 Å². The summed E-state index contributed by atoms with van der Waals surface area (Å²) in [7, 11) is 0. The van der Waals surface area contributed by atoms with Crippen molar-refractivity contribution in [3.05, 3.63) is 88.7 Å². The van der Waals surface area contributed by atoms with Crippen molar-refractivity contribution < 1.29 is 28.8 Å². The average molecular weight is 553 g/mol. The number of carbonyl (C=O) groups is 3. The van der Waals surface area contributed by atoms with E-state index < -0.39 is 51.1 Å². The summed E-state index contributed by atoms with van der Waals surface area (Å²) in [6, 6.07) is 14.5. The molecular weight excluding hydrogens is 528 g/mol. The van der Waals surface area contributed by atoms with E-state index in [0.717, 1.165) is 0 Å². The van der Waals surface area contributed by atoms with Crippen LogP contribution in [0.1, 0.15) is 18.7 Å². The number of aromatic nitrogens is 3. The van der Waals surface area contributed by atoms with Crippen molar-refractivity contribution in [2.45, 2.75) is 41.9 Å². The molecule has 2 fully saturated rings. The third-order valence-corrected chi connectivity index (χ3v) is 8.06. The number of β-lactam (4-membered cyclic amide) rings is 1. The molecule has 5 atom stereocenters. The van der Waals surface area contributed by atoms with Crippen LogP contribution in [0.2, 0.25) is 0 Å². The van der Waals surface area contributed by atoms with Gasteiger partial charge in [-0.15, -0.1) is 16.9 Å². The number of ether oxygens (including phenoxy) is 2. The lowest BCUT2D eigenvalue weighted by Crippen LogP contribution is -2.71. The van der Waals surface area contributed by atoms with Gasteiger partial charge in [-0.1, -0.05) is 41.6 Å². The van der Waals surface area contributed by atoms with Crippen molar-refractivity contribution in [3.8, 4) is 5.75 Å². The Bertz CT molecular complexity index is 1360. The summed E-state index contributed by atoms with van der Waals surface area (Å²) in [5.41, 5.74) is 0.189. The van der Waals surface area contributed by atoms with Crippen molar-refractivity contribution in [3.63, 3.8) is 0 Å². The number of nitrogens with one attached hydrogen (secondary N) is 1. The average Bonchev–Trinajstić information content (AvgIpc) is 3.54. The van der Waals surface area contributed by atoms with Crippen LogP contribution in [-0.2, 0) is 25.7 Å². The highest BCUT2D eigenvalue weighted by Gasteiger charge is 2.66. The lowest BCUT2D eigenvalue weighted by atomic mass is 9.94.